The van der Waals surface area contributed by atoms with Crippen LogP contribution in [0.25, 0.3) is 12.2 Å². The van der Waals surface area contributed by atoms with Crippen LogP contribution < -0.4 is 4.74 Å². The van der Waals surface area contributed by atoms with E-state index in [9.17, 15) is 9.59 Å². The number of hydrogen-bond acceptors (Lipinski definition) is 5. The number of carbonyl (C=O) groups is 2. The topological polar surface area (TPSA) is 61.8 Å². The smallest absolute Gasteiger partial charge is 0.330 e. The minimum absolute atomic E-state index is 0.355. The van der Waals surface area contributed by atoms with Crippen molar-refractivity contribution in [2.24, 2.45) is 0 Å². The molecule has 2 rings (SSSR count). The zero-order valence-electron chi connectivity index (χ0n) is 15.4. The molecule has 140 valence electrons. The average molecular weight is 366 g/mol. The lowest BCUT2D eigenvalue weighted by Gasteiger charge is -2.06. The highest BCUT2D eigenvalue weighted by Crippen LogP contribution is 2.22. The predicted octanol–water partition coefficient (Wildman–Crippen LogP) is 4.63. The van der Waals surface area contributed by atoms with Gasteiger partial charge in [-0.25, -0.2) is 9.59 Å². The molecule has 27 heavy (non-hydrogen) atoms. The third-order valence-corrected chi connectivity index (χ3v) is 3.39. The van der Waals surface area contributed by atoms with Crippen molar-refractivity contribution in [3.63, 3.8) is 0 Å². The molecule has 5 nitrogen and oxygen atoms in total. The van der Waals surface area contributed by atoms with Crippen LogP contribution in [0.2, 0.25) is 0 Å². The third kappa shape index (κ3) is 7.20. The zero-order chi connectivity index (χ0) is 19.5. The largest absolute Gasteiger partial charge is 0.463 e. The third-order valence-electron chi connectivity index (χ3n) is 3.39. The van der Waals surface area contributed by atoms with Gasteiger partial charge in [-0.3, -0.25) is 0 Å². The van der Waals surface area contributed by atoms with E-state index < -0.39 is 0 Å². The van der Waals surface area contributed by atoms with Gasteiger partial charge in [-0.15, -0.1) is 0 Å². The fraction of sp³-hybridized carbons (Fsp3) is 0.182. The summed E-state index contributed by atoms with van der Waals surface area (Å²) in [6.45, 7) is 4.24. The van der Waals surface area contributed by atoms with Gasteiger partial charge in [0, 0.05) is 12.2 Å². The van der Waals surface area contributed by atoms with Gasteiger partial charge in [0.15, 0.2) is 0 Å². The lowest BCUT2D eigenvalue weighted by Crippen LogP contribution is -1.98. The van der Waals surface area contributed by atoms with Crippen molar-refractivity contribution in [1.82, 2.24) is 0 Å². The van der Waals surface area contributed by atoms with Gasteiger partial charge >= 0.3 is 11.9 Å². The summed E-state index contributed by atoms with van der Waals surface area (Å²) < 4.78 is 15.5. The highest BCUT2D eigenvalue weighted by atomic mass is 16.5. The molecule has 0 aliphatic rings. The van der Waals surface area contributed by atoms with E-state index in [1.807, 2.05) is 48.5 Å². The Morgan fingerprint density at radius 2 is 1.07 bits per heavy atom. The van der Waals surface area contributed by atoms with E-state index in [4.69, 9.17) is 14.2 Å². The molecule has 0 aliphatic carbocycles. The number of rotatable bonds is 8. The molecule has 0 aromatic heterocycles. The maximum absolute atomic E-state index is 11.3. The first-order valence-electron chi connectivity index (χ1n) is 8.68. The van der Waals surface area contributed by atoms with Crippen molar-refractivity contribution in [3.05, 3.63) is 71.8 Å². The molecule has 0 N–H and O–H groups in total. The summed E-state index contributed by atoms with van der Waals surface area (Å²) >= 11 is 0. The molecule has 0 atom stereocenters. The minimum atomic E-state index is -0.366. The zero-order valence-corrected chi connectivity index (χ0v) is 15.4. The van der Waals surface area contributed by atoms with E-state index in [1.165, 1.54) is 12.2 Å². The molecule has 0 heterocycles. The fourth-order valence-electron chi connectivity index (χ4n) is 2.14. The Hall–Kier alpha value is -3.34. The number of esters is 2. The molecule has 0 amide bonds. The predicted molar refractivity (Wildman–Crippen MR) is 104 cm³/mol. The van der Waals surface area contributed by atoms with E-state index >= 15 is 0 Å². The lowest BCUT2D eigenvalue weighted by molar-refractivity contribution is -0.138. The highest BCUT2D eigenvalue weighted by molar-refractivity contribution is 5.87. The summed E-state index contributed by atoms with van der Waals surface area (Å²) in [6, 6.07) is 14.7. The first-order valence-corrected chi connectivity index (χ1v) is 8.68. The van der Waals surface area contributed by atoms with E-state index in [2.05, 4.69) is 0 Å². The van der Waals surface area contributed by atoms with Gasteiger partial charge in [-0.1, -0.05) is 24.3 Å². The monoisotopic (exact) mass is 366 g/mol. The number of benzene rings is 2. The van der Waals surface area contributed by atoms with Gasteiger partial charge < -0.3 is 14.2 Å². The van der Waals surface area contributed by atoms with E-state index in [0.29, 0.717) is 24.7 Å². The van der Waals surface area contributed by atoms with Crippen LogP contribution in [0.1, 0.15) is 25.0 Å². The Morgan fingerprint density at radius 3 is 1.41 bits per heavy atom. The van der Waals surface area contributed by atoms with Crippen molar-refractivity contribution < 1.29 is 23.8 Å². The molecule has 0 bridgehead atoms. The van der Waals surface area contributed by atoms with Crippen molar-refractivity contribution in [1.29, 1.82) is 0 Å². The molecular formula is C22H22O5. The molecule has 0 spiro atoms. The first-order chi connectivity index (χ1) is 13.1. The molecule has 0 radical (unpaired) electrons. The second-order valence-corrected chi connectivity index (χ2v) is 5.41. The molecule has 0 fully saturated rings. The van der Waals surface area contributed by atoms with Gasteiger partial charge in [0.25, 0.3) is 0 Å². The SMILES string of the molecule is CCOC(=O)/C=C/c1ccc(Oc2ccc(/C=C/C(=O)OCC)cc2)cc1. The van der Waals surface area contributed by atoms with Gasteiger partial charge in [-0.2, -0.15) is 0 Å². The van der Waals surface area contributed by atoms with Crippen LogP contribution in [0, 0.1) is 0 Å². The van der Waals surface area contributed by atoms with Crippen LogP contribution in [0.5, 0.6) is 11.5 Å². The van der Waals surface area contributed by atoms with Crippen molar-refractivity contribution >= 4 is 24.1 Å². The van der Waals surface area contributed by atoms with Crippen molar-refractivity contribution in [2.45, 2.75) is 13.8 Å². The molecule has 2 aromatic carbocycles. The van der Waals surface area contributed by atoms with Crippen LogP contribution in [0.15, 0.2) is 60.7 Å². The van der Waals surface area contributed by atoms with E-state index in [-0.39, 0.29) is 11.9 Å². The molecule has 0 aliphatic heterocycles. The van der Waals surface area contributed by atoms with Gasteiger partial charge in [0.2, 0.25) is 0 Å². The van der Waals surface area contributed by atoms with Crippen molar-refractivity contribution in [2.75, 3.05) is 13.2 Å². The average Bonchev–Trinajstić information content (AvgIpc) is 2.67. The number of hydrogen-bond donors (Lipinski definition) is 0. The summed E-state index contributed by atoms with van der Waals surface area (Å²) in [6.07, 6.45) is 6.16. The maximum Gasteiger partial charge on any atom is 0.330 e. The summed E-state index contributed by atoms with van der Waals surface area (Å²) in [5.74, 6) is 0.626. The van der Waals surface area contributed by atoms with Crippen LogP contribution in [-0.2, 0) is 19.1 Å². The first kappa shape index (κ1) is 20.0. The maximum atomic E-state index is 11.3. The quantitative estimate of drug-likeness (QED) is 0.503. The lowest BCUT2D eigenvalue weighted by atomic mass is 10.2. The standard InChI is InChI=1S/C22H22O5/c1-3-25-21(23)15-9-17-5-11-19(12-6-17)27-20-13-7-18(8-14-20)10-16-22(24)26-4-2/h5-16H,3-4H2,1-2H3/b15-9+,16-10+. The Bertz CT molecular complexity index is 732. The van der Waals surface area contributed by atoms with Crippen LogP contribution in [0.4, 0.5) is 0 Å². The summed E-state index contributed by atoms with van der Waals surface area (Å²) in [5.41, 5.74) is 1.74. The summed E-state index contributed by atoms with van der Waals surface area (Å²) in [4.78, 5) is 22.6. The van der Waals surface area contributed by atoms with Gasteiger partial charge in [-0.05, 0) is 61.4 Å². The molecule has 0 saturated heterocycles. The van der Waals surface area contributed by atoms with Crippen LogP contribution in [0.3, 0.4) is 0 Å². The van der Waals surface area contributed by atoms with Gasteiger partial charge in [0.1, 0.15) is 11.5 Å². The van der Waals surface area contributed by atoms with E-state index in [1.54, 1.807) is 26.0 Å². The van der Waals surface area contributed by atoms with Crippen molar-refractivity contribution in [3.8, 4) is 11.5 Å². The van der Waals surface area contributed by atoms with Crippen LogP contribution >= 0.6 is 0 Å². The molecule has 0 saturated carbocycles. The normalized spacial score (nSPS) is 10.9. The van der Waals surface area contributed by atoms with Gasteiger partial charge in [0.05, 0.1) is 13.2 Å². The fourth-order valence-corrected chi connectivity index (χ4v) is 2.14. The molecule has 0 unspecified atom stereocenters. The van der Waals surface area contributed by atoms with Crippen LogP contribution in [-0.4, -0.2) is 25.2 Å². The Morgan fingerprint density at radius 1 is 0.704 bits per heavy atom. The summed E-state index contributed by atoms with van der Waals surface area (Å²) in [5, 5.41) is 0. The Kier molecular flexibility index (Phi) is 7.85. The minimum Gasteiger partial charge on any atom is -0.463 e. The highest BCUT2D eigenvalue weighted by Gasteiger charge is 1.99. The summed E-state index contributed by atoms with van der Waals surface area (Å²) in [7, 11) is 0. The molecular weight excluding hydrogens is 344 g/mol. The molecule has 5 heteroatoms. The Labute approximate surface area is 158 Å². The number of ether oxygens (including phenoxy) is 3. The second kappa shape index (κ2) is 10.6. The Balaban J connectivity index is 1.93. The number of carbonyl (C=O) groups excluding carboxylic acids is 2. The second-order valence-electron chi connectivity index (χ2n) is 5.41. The molecule has 2 aromatic rings. The van der Waals surface area contributed by atoms with E-state index in [0.717, 1.165) is 11.1 Å².